The predicted octanol–water partition coefficient (Wildman–Crippen LogP) is 7.92. The molecule has 0 radical (unpaired) electrons. The second-order valence-corrected chi connectivity index (χ2v) is 26.8. The summed E-state index contributed by atoms with van der Waals surface area (Å²) < 4.78 is 2.58. The molecule has 2 heteroatoms. The molecule has 2 atom stereocenters. The van der Waals surface area contributed by atoms with Gasteiger partial charge < -0.3 is 0 Å². The zero-order chi connectivity index (χ0) is 21.7. The van der Waals surface area contributed by atoms with Gasteiger partial charge >= 0.3 is 192 Å². The molecule has 154 valence electrons. The number of aryl methyl sites for hydroxylation is 2. The molecule has 0 spiro atoms. The Morgan fingerprint density at radius 1 is 0.800 bits per heavy atom. The molecule has 4 rings (SSSR count). The van der Waals surface area contributed by atoms with E-state index in [9.17, 15) is 0 Å². The minimum atomic E-state index is -1.94. The second-order valence-electron chi connectivity index (χ2n) is 9.39. The molecular weight excluding hydrogens is 456 g/mol. The molecule has 30 heavy (non-hydrogen) atoms. The molecule has 2 aromatic carbocycles. The van der Waals surface area contributed by atoms with Gasteiger partial charge in [0.1, 0.15) is 0 Å². The topological polar surface area (TPSA) is 0 Å². The number of fused-ring (bicyclic) bond motifs is 1. The standard InChI is InChI=1S/C17H15.C9H13.C2H6Si.Zr/c1-12-8-9-13(2)17-15(12)10-11-16(17)14-6-4-3-5-7-14;1-6-5-7(2)9(4)8(6)3;1-3-2;/h3-11H,1-2H3;6H,1-4H3;1-2H3;. The number of allylic oxidation sites excluding steroid dienone is 5. The molecule has 0 saturated heterocycles. The molecule has 0 aliphatic heterocycles. The Labute approximate surface area is 191 Å². The van der Waals surface area contributed by atoms with Crippen molar-refractivity contribution in [3.63, 3.8) is 0 Å². The Hall–Kier alpha value is -1.24. The van der Waals surface area contributed by atoms with Gasteiger partial charge in [0.2, 0.25) is 0 Å². The van der Waals surface area contributed by atoms with Crippen LogP contribution in [-0.4, -0.2) is 5.43 Å². The molecule has 0 aromatic heterocycles. The van der Waals surface area contributed by atoms with E-state index in [1.807, 2.05) is 3.28 Å². The van der Waals surface area contributed by atoms with E-state index in [0.29, 0.717) is 9.54 Å². The molecule has 0 saturated carbocycles. The molecule has 0 nitrogen and oxygen atoms in total. The van der Waals surface area contributed by atoms with Crippen molar-refractivity contribution in [2.45, 2.75) is 58.3 Å². The van der Waals surface area contributed by atoms with Gasteiger partial charge in [-0.25, -0.2) is 0 Å². The van der Waals surface area contributed by atoms with Crippen molar-refractivity contribution in [2.24, 2.45) is 5.92 Å². The SMILES string of the molecule is CC1=C(C)C(C)[C]([Zr]([CH]2C=C(c3ccccc3)c3c(C)ccc(C)c32)=[Si](C)C)=C1C. The number of benzene rings is 2. The van der Waals surface area contributed by atoms with Crippen molar-refractivity contribution >= 4 is 11.0 Å². The second kappa shape index (κ2) is 8.36. The van der Waals surface area contributed by atoms with Gasteiger partial charge in [-0.2, -0.15) is 0 Å². The average Bonchev–Trinajstić information content (AvgIpc) is 3.21. The molecule has 0 amide bonds. The number of hydrogen-bond donors (Lipinski definition) is 0. The summed E-state index contributed by atoms with van der Waals surface area (Å²) in [5, 5.41) is 0. The molecule has 0 N–H and O–H groups in total. The third-order valence-corrected chi connectivity index (χ3v) is 26.0. The number of rotatable bonds is 3. The molecular formula is C28H34SiZr. The molecule has 0 heterocycles. The Kier molecular flexibility index (Phi) is 6.12. The van der Waals surface area contributed by atoms with Crippen LogP contribution in [0.2, 0.25) is 13.1 Å². The van der Waals surface area contributed by atoms with Crippen LogP contribution in [0.3, 0.4) is 0 Å². The van der Waals surface area contributed by atoms with Crippen LogP contribution >= 0.6 is 0 Å². The first kappa shape index (κ1) is 22.0. The van der Waals surface area contributed by atoms with Gasteiger partial charge in [-0.1, -0.05) is 0 Å². The third-order valence-electron chi connectivity index (χ3n) is 7.45. The average molecular weight is 490 g/mol. The predicted molar refractivity (Wildman–Crippen MR) is 130 cm³/mol. The van der Waals surface area contributed by atoms with E-state index < -0.39 is 20.4 Å². The van der Waals surface area contributed by atoms with Crippen LogP contribution in [0.25, 0.3) is 5.57 Å². The maximum atomic E-state index is 2.71. The zero-order valence-electron chi connectivity index (χ0n) is 19.8. The van der Waals surface area contributed by atoms with E-state index in [2.05, 4.69) is 103 Å². The summed E-state index contributed by atoms with van der Waals surface area (Å²) in [5.41, 5.74) is 13.5. The van der Waals surface area contributed by atoms with Crippen molar-refractivity contribution in [2.75, 3.05) is 0 Å². The van der Waals surface area contributed by atoms with E-state index in [4.69, 9.17) is 0 Å². The quantitative estimate of drug-likeness (QED) is 0.384. The minimum absolute atomic E-state index is 0.358. The van der Waals surface area contributed by atoms with Gasteiger partial charge in [-0.15, -0.1) is 0 Å². The van der Waals surface area contributed by atoms with Gasteiger partial charge in [0.05, 0.1) is 0 Å². The van der Waals surface area contributed by atoms with Crippen LogP contribution in [0.1, 0.15) is 59.1 Å². The fourth-order valence-corrected chi connectivity index (χ4v) is 25.4. The van der Waals surface area contributed by atoms with Crippen LogP contribution in [-0.2, 0) is 20.4 Å². The summed E-state index contributed by atoms with van der Waals surface area (Å²) in [6.07, 6.45) is 2.71. The summed E-state index contributed by atoms with van der Waals surface area (Å²) >= 11 is -1.94. The van der Waals surface area contributed by atoms with Crippen LogP contribution in [0, 0.1) is 19.8 Å². The summed E-state index contributed by atoms with van der Waals surface area (Å²) in [7, 11) is 0. The van der Waals surface area contributed by atoms with Crippen molar-refractivity contribution in [3.8, 4) is 0 Å². The van der Waals surface area contributed by atoms with Gasteiger partial charge in [-0.05, 0) is 0 Å². The molecule has 2 aromatic rings. The van der Waals surface area contributed by atoms with Crippen molar-refractivity contribution in [1.29, 1.82) is 0 Å². The molecule has 2 aliphatic carbocycles. The number of hydrogen-bond acceptors (Lipinski definition) is 0. The van der Waals surface area contributed by atoms with E-state index in [-0.39, 0.29) is 5.43 Å². The maximum absolute atomic E-state index is 2.71. The van der Waals surface area contributed by atoms with Crippen LogP contribution in [0.15, 0.2) is 68.5 Å². The van der Waals surface area contributed by atoms with Gasteiger partial charge in [0.25, 0.3) is 0 Å². The van der Waals surface area contributed by atoms with E-state index in [0.717, 1.165) is 0 Å². The molecule has 0 fully saturated rings. The van der Waals surface area contributed by atoms with Gasteiger partial charge in [0.15, 0.2) is 0 Å². The van der Waals surface area contributed by atoms with Crippen molar-refractivity contribution in [1.82, 2.24) is 0 Å². The van der Waals surface area contributed by atoms with E-state index >= 15 is 0 Å². The fraction of sp³-hybridized carbons (Fsp3) is 0.357. The Morgan fingerprint density at radius 2 is 1.43 bits per heavy atom. The summed E-state index contributed by atoms with van der Waals surface area (Å²) in [6, 6.07) is 15.8. The summed E-state index contributed by atoms with van der Waals surface area (Å²) in [5.74, 6) is 0.655. The molecule has 0 bridgehead atoms. The first-order valence-corrected chi connectivity index (χ1v) is 20.0. The normalized spacial score (nSPS) is 20.6. The first-order chi connectivity index (χ1) is 14.2. The molecule has 2 unspecified atom stereocenters. The van der Waals surface area contributed by atoms with Gasteiger partial charge in [-0.3, -0.25) is 0 Å². The summed E-state index contributed by atoms with van der Waals surface area (Å²) in [6.45, 7) is 19.5. The van der Waals surface area contributed by atoms with Gasteiger partial charge in [0, 0.05) is 0 Å². The van der Waals surface area contributed by atoms with Crippen molar-refractivity contribution < 1.29 is 20.4 Å². The molecule has 2 aliphatic rings. The fourth-order valence-electron chi connectivity index (χ4n) is 5.56. The van der Waals surface area contributed by atoms with E-state index in [1.165, 1.54) is 27.8 Å². The third kappa shape index (κ3) is 3.45. The Bertz CT molecular complexity index is 1150. The van der Waals surface area contributed by atoms with Crippen LogP contribution < -0.4 is 0 Å². The Balaban J connectivity index is 1.98. The van der Waals surface area contributed by atoms with Crippen LogP contribution in [0.4, 0.5) is 0 Å². The first-order valence-electron chi connectivity index (χ1n) is 11.2. The Morgan fingerprint density at radius 3 is 2.00 bits per heavy atom. The zero-order valence-corrected chi connectivity index (χ0v) is 23.2. The summed E-state index contributed by atoms with van der Waals surface area (Å²) in [4.78, 5) is 0. The van der Waals surface area contributed by atoms with Crippen LogP contribution in [0.5, 0.6) is 0 Å². The van der Waals surface area contributed by atoms with E-state index in [1.54, 1.807) is 22.3 Å². The monoisotopic (exact) mass is 488 g/mol. The van der Waals surface area contributed by atoms with Crippen molar-refractivity contribution in [3.05, 3.63) is 96.4 Å².